The predicted octanol–water partition coefficient (Wildman–Crippen LogP) is 2.89. The molecule has 1 unspecified atom stereocenters. The molecule has 0 aliphatic carbocycles. The number of halogens is 2. The van der Waals surface area contributed by atoms with Gasteiger partial charge in [-0.05, 0) is 46.3 Å². The molecule has 1 aliphatic heterocycles. The first-order valence-corrected chi connectivity index (χ1v) is 9.59. The maximum Gasteiger partial charge on any atom is 0.243 e. The minimum atomic E-state index is -3.73. The Morgan fingerprint density at radius 2 is 2.16 bits per heavy atom. The van der Waals surface area contributed by atoms with Crippen molar-refractivity contribution >= 4 is 53.6 Å². The third-order valence-electron chi connectivity index (χ3n) is 2.75. The van der Waals surface area contributed by atoms with Crippen LogP contribution >= 0.6 is 43.6 Å². The molecule has 4 nitrogen and oxygen atoms in total. The summed E-state index contributed by atoms with van der Waals surface area (Å²) in [6.45, 7) is 0. The number of hydrogen-bond acceptors (Lipinski definition) is 4. The van der Waals surface area contributed by atoms with Crippen LogP contribution in [0.1, 0.15) is 6.42 Å². The Morgan fingerprint density at radius 1 is 1.42 bits per heavy atom. The van der Waals surface area contributed by atoms with Crippen molar-refractivity contribution in [3.8, 4) is 6.07 Å². The van der Waals surface area contributed by atoms with E-state index in [9.17, 15) is 13.7 Å². The molecule has 8 heteroatoms. The average molecular weight is 426 g/mol. The van der Waals surface area contributed by atoms with E-state index in [0.29, 0.717) is 21.1 Å². The fraction of sp³-hybridized carbons (Fsp3) is 0.364. The molecule has 1 fully saturated rings. The minimum Gasteiger partial charge on any atom is -0.207 e. The van der Waals surface area contributed by atoms with Gasteiger partial charge >= 0.3 is 0 Å². The highest BCUT2D eigenvalue weighted by Crippen LogP contribution is 2.31. The third-order valence-corrected chi connectivity index (χ3v) is 6.96. The molecule has 0 spiro atoms. The predicted molar refractivity (Wildman–Crippen MR) is 82.4 cm³/mol. The van der Waals surface area contributed by atoms with Gasteiger partial charge in [-0.2, -0.15) is 21.7 Å². The SMILES string of the molecule is N#CC1(NS(=O)(=O)c2cc(Br)ccc2Br)CCSC1. The molecule has 0 bridgehead atoms. The Hall–Kier alpha value is -0.0700. The van der Waals surface area contributed by atoms with Crippen LogP contribution in [0.3, 0.4) is 0 Å². The number of nitriles is 1. The topological polar surface area (TPSA) is 70.0 Å². The maximum absolute atomic E-state index is 12.4. The summed E-state index contributed by atoms with van der Waals surface area (Å²) in [4.78, 5) is 0.133. The second-order valence-corrected chi connectivity index (χ2v) is 8.70. The van der Waals surface area contributed by atoms with Gasteiger partial charge in [0.05, 0.1) is 11.0 Å². The molecule has 0 aromatic heterocycles. The van der Waals surface area contributed by atoms with Crippen molar-refractivity contribution < 1.29 is 8.42 Å². The zero-order valence-electron chi connectivity index (χ0n) is 9.69. The Morgan fingerprint density at radius 3 is 2.74 bits per heavy atom. The van der Waals surface area contributed by atoms with Crippen molar-refractivity contribution in [2.45, 2.75) is 16.9 Å². The van der Waals surface area contributed by atoms with Gasteiger partial charge in [0.1, 0.15) is 5.54 Å². The summed E-state index contributed by atoms with van der Waals surface area (Å²) in [7, 11) is -3.73. The van der Waals surface area contributed by atoms with E-state index in [2.05, 4.69) is 42.7 Å². The molecule has 1 heterocycles. The number of hydrogen-bond donors (Lipinski definition) is 1. The number of sulfonamides is 1. The number of nitrogens with one attached hydrogen (secondary N) is 1. The molecule has 2 rings (SSSR count). The van der Waals surface area contributed by atoms with Crippen molar-refractivity contribution in [2.24, 2.45) is 0 Å². The Kier molecular flexibility index (Phi) is 4.63. The molecule has 1 aliphatic rings. The zero-order valence-corrected chi connectivity index (χ0v) is 14.5. The third kappa shape index (κ3) is 3.34. The largest absolute Gasteiger partial charge is 0.243 e. The zero-order chi connectivity index (χ0) is 14.1. The number of thioether (sulfide) groups is 1. The van der Waals surface area contributed by atoms with Gasteiger partial charge in [-0.3, -0.25) is 0 Å². The van der Waals surface area contributed by atoms with Gasteiger partial charge in [-0.15, -0.1) is 0 Å². The van der Waals surface area contributed by atoms with Gasteiger partial charge < -0.3 is 0 Å². The average Bonchev–Trinajstić information content (AvgIpc) is 2.80. The van der Waals surface area contributed by atoms with Gasteiger partial charge in [0.25, 0.3) is 0 Å². The van der Waals surface area contributed by atoms with Crippen molar-refractivity contribution in [1.29, 1.82) is 5.26 Å². The highest BCUT2D eigenvalue weighted by Gasteiger charge is 2.39. The van der Waals surface area contributed by atoms with Crippen molar-refractivity contribution in [3.05, 3.63) is 27.1 Å². The smallest absolute Gasteiger partial charge is 0.207 e. The minimum absolute atomic E-state index is 0.133. The van der Waals surface area contributed by atoms with Crippen LogP contribution in [-0.4, -0.2) is 25.5 Å². The van der Waals surface area contributed by atoms with E-state index < -0.39 is 15.6 Å². The lowest BCUT2D eigenvalue weighted by Gasteiger charge is -2.21. The van der Waals surface area contributed by atoms with E-state index in [1.54, 1.807) is 23.9 Å². The summed E-state index contributed by atoms with van der Waals surface area (Å²) in [6.07, 6.45) is 0.527. The fourth-order valence-electron chi connectivity index (χ4n) is 1.75. The van der Waals surface area contributed by atoms with Gasteiger partial charge in [0.15, 0.2) is 0 Å². The normalized spacial score (nSPS) is 23.2. The van der Waals surface area contributed by atoms with Crippen LogP contribution in [-0.2, 0) is 10.0 Å². The lowest BCUT2D eigenvalue weighted by molar-refractivity contribution is 0.514. The van der Waals surface area contributed by atoms with E-state index >= 15 is 0 Å². The van der Waals surface area contributed by atoms with E-state index in [4.69, 9.17) is 0 Å². The molecule has 1 aromatic carbocycles. The van der Waals surface area contributed by atoms with Crippen molar-refractivity contribution in [2.75, 3.05) is 11.5 Å². The quantitative estimate of drug-likeness (QED) is 0.808. The first-order valence-electron chi connectivity index (χ1n) is 5.37. The van der Waals surface area contributed by atoms with Gasteiger partial charge in [-0.1, -0.05) is 15.9 Å². The standard InChI is InChI=1S/C11H10Br2N2O2S2/c12-8-1-2-9(13)10(5-8)19(16,17)15-11(6-14)3-4-18-7-11/h1-2,5,15H,3-4,7H2. The van der Waals surface area contributed by atoms with Crippen LogP contribution in [0, 0.1) is 11.3 Å². The van der Waals surface area contributed by atoms with Gasteiger partial charge in [0, 0.05) is 14.7 Å². The summed E-state index contributed by atoms with van der Waals surface area (Å²) in [5.74, 6) is 1.27. The first kappa shape index (κ1) is 15.3. The van der Waals surface area contributed by atoms with Gasteiger partial charge in [-0.25, -0.2) is 8.42 Å². The molecule has 102 valence electrons. The highest BCUT2D eigenvalue weighted by atomic mass is 79.9. The maximum atomic E-state index is 12.4. The molecule has 1 saturated heterocycles. The Bertz CT molecular complexity index is 635. The van der Waals surface area contributed by atoms with E-state index in [1.807, 2.05) is 0 Å². The number of benzene rings is 1. The van der Waals surface area contributed by atoms with Gasteiger partial charge in [0.2, 0.25) is 10.0 Å². The summed E-state index contributed by atoms with van der Waals surface area (Å²) >= 11 is 8.06. The number of rotatable bonds is 3. The lowest BCUT2D eigenvalue weighted by atomic mass is 10.0. The molecule has 0 radical (unpaired) electrons. The first-order chi connectivity index (χ1) is 8.88. The van der Waals surface area contributed by atoms with Crippen LogP contribution in [0.15, 0.2) is 32.0 Å². The van der Waals surface area contributed by atoms with E-state index in [1.165, 1.54) is 6.07 Å². The monoisotopic (exact) mass is 424 g/mol. The summed E-state index contributed by atoms with van der Waals surface area (Å²) in [5.41, 5.74) is -0.995. The molecule has 0 saturated carbocycles. The van der Waals surface area contributed by atoms with E-state index in [0.717, 1.165) is 5.75 Å². The highest BCUT2D eigenvalue weighted by molar-refractivity contribution is 9.11. The molecule has 0 amide bonds. The van der Waals surface area contributed by atoms with Crippen LogP contribution < -0.4 is 4.72 Å². The molecule has 1 atom stereocenters. The van der Waals surface area contributed by atoms with Crippen molar-refractivity contribution in [3.63, 3.8) is 0 Å². The van der Waals surface area contributed by atoms with Crippen LogP contribution in [0.4, 0.5) is 0 Å². The molecular weight excluding hydrogens is 416 g/mol. The summed E-state index contributed by atoms with van der Waals surface area (Å²) < 4.78 is 28.5. The second-order valence-electron chi connectivity index (χ2n) is 4.18. The van der Waals surface area contributed by atoms with Crippen LogP contribution in [0.25, 0.3) is 0 Å². The second kappa shape index (κ2) is 5.74. The Labute approximate surface area is 133 Å². The lowest BCUT2D eigenvalue weighted by Crippen LogP contribution is -2.47. The van der Waals surface area contributed by atoms with Crippen LogP contribution in [0.5, 0.6) is 0 Å². The van der Waals surface area contributed by atoms with Crippen LogP contribution in [0.2, 0.25) is 0 Å². The summed E-state index contributed by atoms with van der Waals surface area (Å²) in [6, 6.07) is 7.01. The van der Waals surface area contributed by atoms with E-state index in [-0.39, 0.29) is 4.90 Å². The Balaban J connectivity index is 2.38. The number of nitrogens with zero attached hydrogens (tertiary/aromatic N) is 1. The molecule has 1 N–H and O–H groups in total. The molecule has 1 aromatic rings. The van der Waals surface area contributed by atoms with Crippen molar-refractivity contribution in [1.82, 2.24) is 4.72 Å². The molecular formula is C11H10Br2N2O2S2. The molecule has 19 heavy (non-hydrogen) atoms. The fourth-order valence-corrected chi connectivity index (χ4v) is 5.96. The summed E-state index contributed by atoms with van der Waals surface area (Å²) in [5, 5.41) is 9.24.